The molecular weight excluding hydrogens is 496 g/mol. The van der Waals surface area contributed by atoms with Crippen molar-refractivity contribution in [3.63, 3.8) is 0 Å². The van der Waals surface area contributed by atoms with E-state index < -0.39 is 0 Å². The molecule has 0 aliphatic heterocycles. The summed E-state index contributed by atoms with van der Waals surface area (Å²) in [6.45, 7) is 10.9. The van der Waals surface area contributed by atoms with Gasteiger partial charge in [0.1, 0.15) is 16.8 Å². The molecule has 3 aromatic carbocycles. The highest BCUT2D eigenvalue weighted by atomic mass is 32.1. The molecule has 0 aliphatic carbocycles. The van der Waals surface area contributed by atoms with E-state index in [9.17, 15) is 4.79 Å². The van der Waals surface area contributed by atoms with Gasteiger partial charge in [-0.2, -0.15) is 4.80 Å². The van der Waals surface area contributed by atoms with E-state index in [2.05, 4.69) is 58.6 Å². The number of thiocarbonyl (C=S) groups is 1. The molecule has 4 rings (SSSR count). The third kappa shape index (κ3) is 6.47. The summed E-state index contributed by atoms with van der Waals surface area (Å²) < 4.78 is 5.71. The van der Waals surface area contributed by atoms with Crippen LogP contribution in [0, 0.1) is 6.92 Å². The fourth-order valence-electron chi connectivity index (χ4n) is 4.09. The quantitative estimate of drug-likeness (QED) is 0.196. The number of carbonyl (C=O) groups excluding carboxylic acids is 1. The average molecular weight is 531 g/mol. The number of aromatic nitrogens is 3. The van der Waals surface area contributed by atoms with Gasteiger partial charge in [0, 0.05) is 30.0 Å². The van der Waals surface area contributed by atoms with Gasteiger partial charge in [-0.05, 0) is 99.6 Å². The Balaban J connectivity index is 1.44. The van der Waals surface area contributed by atoms with E-state index in [-0.39, 0.29) is 11.0 Å². The van der Waals surface area contributed by atoms with E-state index in [4.69, 9.17) is 17.0 Å². The number of anilines is 2. The van der Waals surface area contributed by atoms with Crippen molar-refractivity contribution in [1.82, 2.24) is 20.3 Å². The lowest BCUT2D eigenvalue weighted by molar-refractivity contribution is 0.0977. The van der Waals surface area contributed by atoms with E-state index in [1.807, 2.05) is 37.3 Å². The van der Waals surface area contributed by atoms with Crippen molar-refractivity contribution in [2.75, 3.05) is 29.9 Å². The molecule has 9 heteroatoms. The van der Waals surface area contributed by atoms with Gasteiger partial charge in [-0.15, -0.1) is 10.2 Å². The standard InChI is InChI=1S/C29H34N6O2S/c1-5-8-16-37-24-11-9-10-21(18-24)28(36)31-29(38)30-25-19-27-26(17-20(25)4)32-35(33-27)23-14-12-22(13-15-23)34(6-2)7-3/h9-15,17-19H,5-8,16H2,1-4H3,(H2,30,31,36,38). The van der Waals surface area contributed by atoms with Crippen LogP contribution in [0.1, 0.15) is 49.5 Å². The van der Waals surface area contributed by atoms with Crippen LogP contribution in [0.15, 0.2) is 60.7 Å². The van der Waals surface area contributed by atoms with E-state index >= 15 is 0 Å². The van der Waals surface area contributed by atoms with Crippen LogP contribution in [-0.2, 0) is 0 Å². The minimum absolute atomic E-state index is 0.203. The Morgan fingerprint density at radius 3 is 2.39 bits per heavy atom. The van der Waals surface area contributed by atoms with Crippen molar-refractivity contribution >= 4 is 45.6 Å². The number of rotatable bonds is 10. The fraction of sp³-hybridized carbons (Fsp3) is 0.310. The minimum atomic E-state index is -0.304. The van der Waals surface area contributed by atoms with Crippen LogP contribution < -0.4 is 20.3 Å². The van der Waals surface area contributed by atoms with E-state index in [0.717, 1.165) is 53.9 Å². The molecule has 1 aromatic heterocycles. The topological polar surface area (TPSA) is 84.3 Å². The van der Waals surface area contributed by atoms with Crippen LogP contribution in [0.5, 0.6) is 5.75 Å². The molecule has 1 heterocycles. The smallest absolute Gasteiger partial charge is 0.257 e. The van der Waals surface area contributed by atoms with Gasteiger partial charge in [0.15, 0.2) is 5.11 Å². The summed E-state index contributed by atoms with van der Waals surface area (Å²) in [4.78, 5) is 16.7. The number of nitrogens with zero attached hydrogens (tertiary/aromatic N) is 4. The zero-order chi connectivity index (χ0) is 27.1. The molecule has 0 fully saturated rings. The fourth-order valence-corrected chi connectivity index (χ4v) is 4.30. The van der Waals surface area contributed by atoms with E-state index in [1.54, 1.807) is 23.0 Å². The SMILES string of the molecule is CCCCOc1cccc(C(=O)NC(=S)Nc2cc3nn(-c4ccc(N(CC)CC)cc4)nc3cc2C)c1. The predicted molar refractivity (Wildman–Crippen MR) is 158 cm³/mol. The lowest BCUT2D eigenvalue weighted by Crippen LogP contribution is -2.34. The third-order valence-electron chi connectivity index (χ3n) is 6.27. The van der Waals surface area contributed by atoms with E-state index in [1.165, 1.54) is 5.69 Å². The van der Waals surface area contributed by atoms with Gasteiger partial charge in [-0.3, -0.25) is 10.1 Å². The summed E-state index contributed by atoms with van der Waals surface area (Å²) in [5, 5.41) is 15.4. The number of ether oxygens (including phenoxy) is 1. The van der Waals surface area contributed by atoms with Crippen LogP contribution in [0.4, 0.5) is 11.4 Å². The molecule has 38 heavy (non-hydrogen) atoms. The summed E-state index contributed by atoms with van der Waals surface area (Å²) in [5.41, 5.74) is 5.71. The highest BCUT2D eigenvalue weighted by Gasteiger charge is 2.13. The maximum absolute atomic E-state index is 12.8. The Morgan fingerprint density at radius 1 is 1.00 bits per heavy atom. The van der Waals surface area contributed by atoms with Crippen molar-refractivity contribution in [2.24, 2.45) is 0 Å². The molecule has 198 valence electrons. The molecule has 0 saturated carbocycles. The van der Waals surface area contributed by atoms with Crippen LogP contribution >= 0.6 is 12.2 Å². The molecule has 0 spiro atoms. The molecule has 0 atom stereocenters. The van der Waals surface area contributed by atoms with Crippen LogP contribution in [0.25, 0.3) is 16.7 Å². The molecular formula is C29H34N6O2S. The van der Waals surface area contributed by atoms with Crippen molar-refractivity contribution < 1.29 is 9.53 Å². The number of benzene rings is 3. The number of carbonyl (C=O) groups is 1. The van der Waals surface area contributed by atoms with Crippen LogP contribution in [0.2, 0.25) is 0 Å². The molecule has 0 saturated heterocycles. The Labute approximate surface area is 229 Å². The number of aryl methyl sites for hydroxylation is 1. The summed E-state index contributed by atoms with van der Waals surface area (Å²) in [6, 6.07) is 19.1. The summed E-state index contributed by atoms with van der Waals surface area (Å²) in [5.74, 6) is 0.360. The third-order valence-corrected chi connectivity index (χ3v) is 6.48. The maximum atomic E-state index is 12.8. The summed E-state index contributed by atoms with van der Waals surface area (Å²) in [6.07, 6.45) is 2.01. The van der Waals surface area contributed by atoms with E-state index in [0.29, 0.717) is 17.9 Å². The largest absolute Gasteiger partial charge is 0.494 e. The molecule has 2 N–H and O–H groups in total. The van der Waals surface area contributed by atoms with Gasteiger partial charge < -0.3 is 15.0 Å². The Kier molecular flexibility index (Phi) is 8.91. The number of hydrogen-bond acceptors (Lipinski definition) is 6. The lowest BCUT2D eigenvalue weighted by Gasteiger charge is -2.20. The average Bonchev–Trinajstić information content (AvgIpc) is 3.33. The Morgan fingerprint density at radius 2 is 1.71 bits per heavy atom. The summed E-state index contributed by atoms with van der Waals surface area (Å²) in [7, 11) is 0. The number of unbranched alkanes of at least 4 members (excludes halogenated alkanes) is 1. The number of hydrogen-bond donors (Lipinski definition) is 2. The molecule has 1 amide bonds. The molecule has 0 bridgehead atoms. The first-order valence-corrected chi connectivity index (χ1v) is 13.4. The maximum Gasteiger partial charge on any atom is 0.257 e. The van der Waals surface area contributed by atoms with Gasteiger partial charge in [0.2, 0.25) is 0 Å². The zero-order valence-electron chi connectivity index (χ0n) is 22.3. The number of fused-ring (bicyclic) bond motifs is 1. The van der Waals surface area contributed by atoms with Gasteiger partial charge >= 0.3 is 0 Å². The number of amides is 1. The second kappa shape index (κ2) is 12.5. The van der Waals surface area contributed by atoms with Gasteiger partial charge in [0.25, 0.3) is 5.91 Å². The summed E-state index contributed by atoms with van der Waals surface area (Å²) >= 11 is 5.43. The van der Waals surface area contributed by atoms with Crippen molar-refractivity contribution in [3.8, 4) is 11.4 Å². The van der Waals surface area contributed by atoms with Crippen molar-refractivity contribution in [2.45, 2.75) is 40.5 Å². The molecule has 0 aliphatic rings. The monoisotopic (exact) mass is 530 g/mol. The normalized spacial score (nSPS) is 10.8. The zero-order valence-corrected chi connectivity index (χ0v) is 23.1. The van der Waals surface area contributed by atoms with Gasteiger partial charge in [-0.25, -0.2) is 0 Å². The minimum Gasteiger partial charge on any atom is -0.494 e. The van der Waals surface area contributed by atoms with Crippen LogP contribution in [-0.4, -0.2) is 45.7 Å². The molecule has 0 radical (unpaired) electrons. The number of nitrogens with one attached hydrogen (secondary N) is 2. The van der Waals surface area contributed by atoms with Crippen molar-refractivity contribution in [1.29, 1.82) is 0 Å². The lowest BCUT2D eigenvalue weighted by atomic mass is 10.2. The van der Waals surface area contributed by atoms with Gasteiger partial charge in [-0.1, -0.05) is 19.4 Å². The highest BCUT2D eigenvalue weighted by Crippen LogP contribution is 2.23. The molecule has 4 aromatic rings. The second-order valence-electron chi connectivity index (χ2n) is 8.97. The highest BCUT2D eigenvalue weighted by molar-refractivity contribution is 7.80. The Hall–Kier alpha value is -3.98. The first kappa shape index (κ1) is 27.1. The predicted octanol–water partition coefficient (Wildman–Crippen LogP) is 5.88. The first-order valence-electron chi connectivity index (χ1n) is 13.0. The first-order chi connectivity index (χ1) is 18.4. The van der Waals surface area contributed by atoms with Crippen LogP contribution in [0.3, 0.4) is 0 Å². The second-order valence-corrected chi connectivity index (χ2v) is 9.38. The Bertz CT molecular complexity index is 1410. The van der Waals surface area contributed by atoms with Gasteiger partial charge in [0.05, 0.1) is 12.3 Å². The molecule has 0 unspecified atom stereocenters. The molecule has 8 nitrogen and oxygen atoms in total. The van der Waals surface area contributed by atoms with Crippen molar-refractivity contribution in [3.05, 3.63) is 71.8 Å².